The molecule has 0 aromatic heterocycles. The first-order valence-corrected chi connectivity index (χ1v) is 8.82. The smallest absolute Gasteiger partial charge is 0.242 e. The standard InChI is InChI=1S/C20H22ClFN2O2/c1-3-18(20(26)23-2)24(13-15-6-10-17(22)11-7-15)19(25)12-14-4-8-16(21)9-5-14/h4-11,18H,3,12-13H2,1-2H3,(H,23,26). The van der Waals surface area contributed by atoms with Crippen LogP contribution in [0.3, 0.4) is 0 Å². The maximum absolute atomic E-state index is 13.2. The molecule has 0 bridgehead atoms. The first-order valence-electron chi connectivity index (χ1n) is 8.44. The Labute approximate surface area is 158 Å². The van der Waals surface area contributed by atoms with Gasteiger partial charge in [0.05, 0.1) is 6.42 Å². The van der Waals surface area contributed by atoms with Gasteiger partial charge in [-0.1, -0.05) is 42.8 Å². The largest absolute Gasteiger partial charge is 0.357 e. The van der Waals surface area contributed by atoms with Crippen molar-refractivity contribution in [2.45, 2.75) is 32.4 Å². The third kappa shape index (κ3) is 5.30. The van der Waals surface area contributed by atoms with Gasteiger partial charge in [-0.15, -0.1) is 0 Å². The molecule has 2 rings (SSSR count). The molecule has 2 amide bonds. The van der Waals surface area contributed by atoms with Gasteiger partial charge in [0.15, 0.2) is 0 Å². The third-order valence-electron chi connectivity index (χ3n) is 4.17. The highest BCUT2D eigenvalue weighted by Crippen LogP contribution is 2.16. The van der Waals surface area contributed by atoms with Crippen molar-refractivity contribution >= 4 is 23.4 Å². The zero-order valence-corrected chi connectivity index (χ0v) is 15.6. The van der Waals surface area contributed by atoms with Gasteiger partial charge in [-0.3, -0.25) is 9.59 Å². The van der Waals surface area contributed by atoms with E-state index in [-0.39, 0.29) is 30.6 Å². The van der Waals surface area contributed by atoms with Crippen molar-refractivity contribution in [3.05, 3.63) is 70.5 Å². The molecule has 0 aliphatic rings. The lowest BCUT2D eigenvalue weighted by Crippen LogP contribution is -2.48. The summed E-state index contributed by atoms with van der Waals surface area (Å²) in [5.41, 5.74) is 1.58. The SMILES string of the molecule is CCC(C(=O)NC)N(Cc1ccc(F)cc1)C(=O)Cc1ccc(Cl)cc1. The normalized spacial score (nSPS) is 11.7. The van der Waals surface area contributed by atoms with Crippen LogP contribution in [-0.4, -0.2) is 29.8 Å². The van der Waals surface area contributed by atoms with Crippen molar-refractivity contribution in [3.63, 3.8) is 0 Å². The van der Waals surface area contributed by atoms with Gasteiger partial charge < -0.3 is 10.2 Å². The number of hydrogen-bond donors (Lipinski definition) is 1. The summed E-state index contributed by atoms with van der Waals surface area (Å²) in [6.07, 6.45) is 0.638. The number of halogens is 2. The average molecular weight is 377 g/mol. The van der Waals surface area contributed by atoms with Crippen molar-refractivity contribution in [1.29, 1.82) is 0 Å². The number of rotatable bonds is 7. The van der Waals surface area contributed by atoms with Crippen molar-refractivity contribution in [2.24, 2.45) is 0 Å². The van der Waals surface area contributed by atoms with Gasteiger partial charge in [-0.2, -0.15) is 0 Å². The van der Waals surface area contributed by atoms with Crippen molar-refractivity contribution < 1.29 is 14.0 Å². The fourth-order valence-electron chi connectivity index (χ4n) is 2.75. The lowest BCUT2D eigenvalue weighted by atomic mass is 10.1. The molecule has 0 saturated carbocycles. The van der Waals surface area contributed by atoms with Crippen LogP contribution in [0.5, 0.6) is 0 Å². The van der Waals surface area contributed by atoms with E-state index in [1.54, 1.807) is 48.3 Å². The second kappa shape index (κ2) is 9.34. The van der Waals surface area contributed by atoms with Crippen LogP contribution in [0.25, 0.3) is 0 Å². The molecule has 26 heavy (non-hydrogen) atoms. The summed E-state index contributed by atoms with van der Waals surface area (Å²) in [4.78, 5) is 26.7. The fourth-order valence-corrected chi connectivity index (χ4v) is 2.88. The Morgan fingerprint density at radius 2 is 1.65 bits per heavy atom. The molecule has 0 saturated heterocycles. The Balaban J connectivity index is 2.25. The molecule has 0 radical (unpaired) electrons. The summed E-state index contributed by atoms with van der Waals surface area (Å²) in [7, 11) is 1.55. The minimum atomic E-state index is -0.593. The van der Waals surface area contributed by atoms with E-state index in [1.807, 2.05) is 6.92 Å². The monoisotopic (exact) mass is 376 g/mol. The third-order valence-corrected chi connectivity index (χ3v) is 4.42. The molecule has 4 nitrogen and oxygen atoms in total. The molecule has 0 spiro atoms. The number of amides is 2. The summed E-state index contributed by atoms with van der Waals surface area (Å²) >= 11 is 5.89. The van der Waals surface area contributed by atoms with E-state index in [9.17, 15) is 14.0 Å². The highest BCUT2D eigenvalue weighted by molar-refractivity contribution is 6.30. The van der Waals surface area contributed by atoms with Gasteiger partial charge in [0.1, 0.15) is 11.9 Å². The number of hydrogen-bond acceptors (Lipinski definition) is 2. The molecule has 1 N–H and O–H groups in total. The minimum absolute atomic E-state index is 0.159. The summed E-state index contributed by atoms with van der Waals surface area (Å²) < 4.78 is 13.2. The quantitative estimate of drug-likeness (QED) is 0.803. The number of benzene rings is 2. The maximum atomic E-state index is 13.2. The molecule has 0 heterocycles. The molecule has 2 aromatic rings. The first kappa shape index (κ1) is 19.9. The van der Waals surface area contributed by atoms with E-state index in [4.69, 9.17) is 11.6 Å². The lowest BCUT2D eigenvalue weighted by Gasteiger charge is -2.30. The molecular weight excluding hydrogens is 355 g/mol. The minimum Gasteiger partial charge on any atom is -0.357 e. The van der Waals surface area contributed by atoms with Gasteiger partial charge in [-0.05, 0) is 41.8 Å². The van der Waals surface area contributed by atoms with Crippen LogP contribution in [0.1, 0.15) is 24.5 Å². The number of carbonyl (C=O) groups is 2. The molecular formula is C20H22ClFN2O2. The number of carbonyl (C=O) groups excluding carboxylic acids is 2. The summed E-state index contributed by atoms with van der Waals surface area (Å²) in [5.74, 6) is -0.739. The van der Waals surface area contributed by atoms with Crippen molar-refractivity contribution in [2.75, 3.05) is 7.05 Å². The highest BCUT2D eigenvalue weighted by atomic mass is 35.5. The summed E-state index contributed by atoms with van der Waals surface area (Å²) in [5, 5.41) is 3.21. The van der Waals surface area contributed by atoms with Crippen LogP contribution in [0, 0.1) is 5.82 Å². The van der Waals surface area contributed by atoms with Crippen LogP contribution in [0.2, 0.25) is 5.02 Å². The molecule has 0 aliphatic heterocycles. The van der Waals surface area contributed by atoms with E-state index in [1.165, 1.54) is 12.1 Å². The maximum Gasteiger partial charge on any atom is 0.242 e. The van der Waals surface area contributed by atoms with Gasteiger partial charge in [-0.25, -0.2) is 4.39 Å². The Kier molecular flexibility index (Phi) is 7.16. The van der Waals surface area contributed by atoms with Crippen molar-refractivity contribution in [1.82, 2.24) is 10.2 Å². The van der Waals surface area contributed by atoms with E-state index >= 15 is 0 Å². The zero-order valence-electron chi connectivity index (χ0n) is 14.8. The van der Waals surface area contributed by atoms with Crippen LogP contribution < -0.4 is 5.32 Å². The number of nitrogens with one attached hydrogen (secondary N) is 1. The highest BCUT2D eigenvalue weighted by Gasteiger charge is 2.27. The predicted octanol–water partition coefficient (Wildman–Crippen LogP) is 3.58. The van der Waals surface area contributed by atoms with Gasteiger partial charge in [0.2, 0.25) is 11.8 Å². The topological polar surface area (TPSA) is 49.4 Å². The van der Waals surface area contributed by atoms with Crippen molar-refractivity contribution in [3.8, 4) is 0 Å². The van der Waals surface area contributed by atoms with Crippen LogP contribution in [0.15, 0.2) is 48.5 Å². The number of likely N-dealkylation sites (N-methyl/N-ethyl adjacent to an activating group) is 1. The average Bonchev–Trinajstić information content (AvgIpc) is 2.64. The Hall–Kier alpha value is -2.40. The second-order valence-corrected chi connectivity index (χ2v) is 6.43. The summed E-state index contributed by atoms with van der Waals surface area (Å²) in [6, 6.07) is 12.4. The summed E-state index contributed by atoms with van der Waals surface area (Å²) in [6.45, 7) is 2.09. The lowest BCUT2D eigenvalue weighted by molar-refractivity contribution is -0.140. The Morgan fingerprint density at radius 1 is 1.08 bits per heavy atom. The molecule has 2 aromatic carbocycles. The van der Waals surface area contributed by atoms with Crippen LogP contribution >= 0.6 is 11.6 Å². The second-order valence-electron chi connectivity index (χ2n) is 5.99. The molecule has 138 valence electrons. The first-order chi connectivity index (χ1) is 12.4. The molecule has 6 heteroatoms. The van der Waals surface area contributed by atoms with Gasteiger partial charge >= 0.3 is 0 Å². The number of nitrogens with zero attached hydrogens (tertiary/aromatic N) is 1. The zero-order chi connectivity index (χ0) is 19.1. The van der Waals surface area contributed by atoms with E-state index < -0.39 is 6.04 Å². The van der Waals surface area contributed by atoms with Crippen LogP contribution in [0.4, 0.5) is 4.39 Å². The Morgan fingerprint density at radius 3 is 2.19 bits per heavy atom. The Bertz CT molecular complexity index is 747. The fraction of sp³-hybridized carbons (Fsp3) is 0.300. The molecule has 0 fully saturated rings. The van der Waals surface area contributed by atoms with Crippen LogP contribution in [-0.2, 0) is 22.6 Å². The molecule has 1 atom stereocenters. The molecule has 0 aliphatic carbocycles. The van der Waals surface area contributed by atoms with Gasteiger partial charge in [0, 0.05) is 18.6 Å². The molecule has 1 unspecified atom stereocenters. The van der Waals surface area contributed by atoms with E-state index in [2.05, 4.69) is 5.32 Å². The van der Waals surface area contributed by atoms with E-state index in [0.717, 1.165) is 11.1 Å². The predicted molar refractivity (Wildman–Crippen MR) is 100 cm³/mol. The van der Waals surface area contributed by atoms with Gasteiger partial charge in [0.25, 0.3) is 0 Å². The van der Waals surface area contributed by atoms with E-state index in [0.29, 0.717) is 11.4 Å².